The van der Waals surface area contributed by atoms with Gasteiger partial charge in [-0.1, -0.05) is 23.7 Å². The van der Waals surface area contributed by atoms with Crippen LogP contribution in [0.3, 0.4) is 0 Å². The number of nitro groups is 1. The summed E-state index contributed by atoms with van der Waals surface area (Å²) in [5.74, 6) is -0.684. The summed E-state index contributed by atoms with van der Waals surface area (Å²) in [6.07, 6.45) is -4.82. The average Bonchev–Trinajstić information content (AvgIpc) is 2.40. The SMILES string of the molecule is O=[N+]([O-])c1c[c]c(Oc2ccccc2Cl)c(C(F)(F)F)c1. The molecule has 2 rings (SSSR count). The Hall–Kier alpha value is -2.28. The molecule has 0 aliphatic rings. The van der Waals surface area contributed by atoms with Crippen molar-refractivity contribution in [1.29, 1.82) is 0 Å². The number of benzene rings is 2. The van der Waals surface area contributed by atoms with Crippen LogP contribution in [-0.2, 0) is 6.18 Å². The van der Waals surface area contributed by atoms with E-state index in [0.717, 1.165) is 6.07 Å². The van der Waals surface area contributed by atoms with Crippen LogP contribution in [0.1, 0.15) is 5.56 Å². The number of hydrogen-bond acceptors (Lipinski definition) is 3. The molecule has 0 amide bonds. The topological polar surface area (TPSA) is 52.4 Å². The van der Waals surface area contributed by atoms with Crippen LogP contribution >= 0.6 is 11.6 Å². The van der Waals surface area contributed by atoms with E-state index < -0.39 is 28.1 Å². The van der Waals surface area contributed by atoms with Crippen molar-refractivity contribution in [3.63, 3.8) is 0 Å². The highest BCUT2D eigenvalue weighted by atomic mass is 35.5. The fourth-order valence-corrected chi connectivity index (χ4v) is 1.68. The zero-order valence-corrected chi connectivity index (χ0v) is 10.9. The quantitative estimate of drug-likeness (QED) is 0.600. The Kier molecular flexibility index (Phi) is 4.04. The van der Waals surface area contributed by atoms with E-state index in [1.54, 1.807) is 6.07 Å². The van der Waals surface area contributed by atoms with Gasteiger partial charge in [0.1, 0.15) is 17.1 Å². The molecule has 2 aromatic carbocycles. The Bertz CT molecular complexity index is 689. The Morgan fingerprint density at radius 2 is 1.95 bits per heavy atom. The monoisotopic (exact) mass is 316 g/mol. The molecule has 0 unspecified atom stereocenters. The predicted octanol–water partition coefficient (Wildman–Crippen LogP) is 4.86. The summed E-state index contributed by atoms with van der Waals surface area (Å²) in [6, 6.07) is 9.25. The number of hydrogen-bond donors (Lipinski definition) is 0. The van der Waals surface area contributed by atoms with Gasteiger partial charge in [-0.15, -0.1) is 0 Å². The molecule has 0 N–H and O–H groups in total. The van der Waals surface area contributed by atoms with Crippen LogP contribution < -0.4 is 4.74 Å². The van der Waals surface area contributed by atoms with E-state index in [4.69, 9.17) is 16.3 Å². The van der Waals surface area contributed by atoms with Crippen LogP contribution in [-0.4, -0.2) is 4.92 Å². The van der Waals surface area contributed by atoms with Crippen LogP contribution in [0.25, 0.3) is 0 Å². The van der Waals surface area contributed by atoms with Crippen molar-refractivity contribution in [2.24, 2.45) is 0 Å². The Labute approximate surface area is 121 Å². The first kappa shape index (κ1) is 15.1. The molecule has 0 fully saturated rings. The molecule has 1 radical (unpaired) electrons. The summed E-state index contributed by atoms with van der Waals surface area (Å²) in [7, 11) is 0. The molecule has 0 saturated heterocycles. The molecular formula is C13H6ClF3NO3. The van der Waals surface area contributed by atoms with Gasteiger partial charge in [-0.05, 0) is 12.1 Å². The number of nitrogens with zero attached hydrogens (tertiary/aromatic N) is 1. The first-order valence-electron chi connectivity index (χ1n) is 5.48. The van der Waals surface area contributed by atoms with Crippen molar-refractivity contribution in [3.05, 3.63) is 63.2 Å². The summed E-state index contributed by atoms with van der Waals surface area (Å²) in [5, 5.41) is 10.7. The molecular weight excluding hydrogens is 311 g/mol. The van der Waals surface area contributed by atoms with Gasteiger partial charge >= 0.3 is 6.18 Å². The van der Waals surface area contributed by atoms with E-state index >= 15 is 0 Å². The molecule has 0 aromatic heterocycles. The van der Waals surface area contributed by atoms with Crippen molar-refractivity contribution in [2.45, 2.75) is 6.18 Å². The second-order valence-electron chi connectivity index (χ2n) is 3.89. The van der Waals surface area contributed by atoms with Gasteiger partial charge in [0.2, 0.25) is 0 Å². The third kappa shape index (κ3) is 3.43. The molecule has 0 saturated carbocycles. The molecule has 0 spiro atoms. The number of nitro benzene ring substituents is 1. The van der Waals surface area contributed by atoms with Crippen LogP contribution in [0.15, 0.2) is 36.4 Å². The summed E-state index contributed by atoms with van der Waals surface area (Å²) >= 11 is 5.79. The van der Waals surface area contributed by atoms with Crippen LogP contribution in [0.2, 0.25) is 5.02 Å². The smallest absolute Gasteiger partial charge is 0.420 e. The van der Waals surface area contributed by atoms with E-state index in [1.165, 1.54) is 18.2 Å². The molecule has 4 nitrogen and oxygen atoms in total. The van der Waals surface area contributed by atoms with Crippen molar-refractivity contribution in [1.82, 2.24) is 0 Å². The second kappa shape index (κ2) is 5.61. The minimum atomic E-state index is -4.82. The normalized spacial score (nSPS) is 11.2. The Morgan fingerprint density at radius 1 is 1.29 bits per heavy atom. The fourth-order valence-electron chi connectivity index (χ4n) is 1.51. The van der Waals surface area contributed by atoms with E-state index in [-0.39, 0.29) is 10.8 Å². The van der Waals surface area contributed by atoms with Crippen LogP contribution in [0.4, 0.5) is 18.9 Å². The number of rotatable bonds is 3. The van der Waals surface area contributed by atoms with Crippen LogP contribution in [0, 0.1) is 16.2 Å². The van der Waals surface area contributed by atoms with Gasteiger partial charge in [-0.25, -0.2) is 0 Å². The number of halogens is 4. The third-order valence-electron chi connectivity index (χ3n) is 2.45. The van der Waals surface area contributed by atoms with Gasteiger partial charge in [0.05, 0.1) is 9.95 Å². The maximum Gasteiger partial charge on any atom is 0.420 e. The van der Waals surface area contributed by atoms with Crippen molar-refractivity contribution < 1.29 is 22.8 Å². The van der Waals surface area contributed by atoms with Gasteiger partial charge in [-0.3, -0.25) is 10.1 Å². The lowest BCUT2D eigenvalue weighted by molar-refractivity contribution is -0.385. The van der Waals surface area contributed by atoms with Crippen molar-refractivity contribution in [3.8, 4) is 11.5 Å². The highest BCUT2D eigenvalue weighted by Gasteiger charge is 2.36. The van der Waals surface area contributed by atoms with Gasteiger partial charge in [0.15, 0.2) is 0 Å². The summed E-state index contributed by atoms with van der Waals surface area (Å²) < 4.78 is 43.9. The van der Waals surface area contributed by atoms with E-state index in [9.17, 15) is 23.3 Å². The standard InChI is InChI=1S/C13H6ClF3NO3/c14-10-3-1-2-4-12(10)21-11-6-5-8(18(19)20)7-9(11)13(15,16)17/h1-5,7H. The largest absolute Gasteiger partial charge is 0.454 e. The fraction of sp³-hybridized carbons (Fsp3) is 0.0769. The predicted molar refractivity (Wildman–Crippen MR) is 68.5 cm³/mol. The lowest BCUT2D eigenvalue weighted by atomic mass is 10.1. The van der Waals surface area contributed by atoms with E-state index in [0.29, 0.717) is 6.07 Å². The molecule has 0 aliphatic heterocycles. The van der Waals surface area contributed by atoms with Crippen molar-refractivity contribution >= 4 is 17.3 Å². The molecule has 21 heavy (non-hydrogen) atoms. The maximum atomic E-state index is 12.9. The molecule has 8 heteroatoms. The van der Waals surface area contributed by atoms with E-state index in [2.05, 4.69) is 6.07 Å². The van der Waals surface area contributed by atoms with E-state index in [1.807, 2.05) is 0 Å². The Balaban J connectivity index is 2.48. The number of non-ortho nitro benzene ring substituents is 1. The minimum Gasteiger partial charge on any atom is -0.454 e. The van der Waals surface area contributed by atoms with Crippen molar-refractivity contribution in [2.75, 3.05) is 0 Å². The van der Waals surface area contributed by atoms with Gasteiger partial charge in [-0.2, -0.15) is 13.2 Å². The molecule has 0 aliphatic carbocycles. The lowest BCUT2D eigenvalue weighted by Gasteiger charge is -2.13. The number of alkyl halides is 3. The first-order valence-corrected chi connectivity index (χ1v) is 5.86. The highest BCUT2D eigenvalue weighted by molar-refractivity contribution is 6.32. The summed E-state index contributed by atoms with van der Waals surface area (Å²) in [5.41, 5.74) is -2.02. The van der Waals surface area contributed by atoms with Crippen LogP contribution in [0.5, 0.6) is 11.5 Å². The number of para-hydroxylation sites is 1. The second-order valence-corrected chi connectivity index (χ2v) is 4.30. The average molecular weight is 317 g/mol. The first-order chi connectivity index (χ1) is 9.79. The van der Waals surface area contributed by atoms with Gasteiger partial charge < -0.3 is 4.74 Å². The molecule has 0 atom stereocenters. The number of ether oxygens (including phenoxy) is 1. The maximum absolute atomic E-state index is 12.9. The molecule has 2 aromatic rings. The third-order valence-corrected chi connectivity index (χ3v) is 2.77. The molecule has 0 heterocycles. The zero-order valence-electron chi connectivity index (χ0n) is 10.1. The van der Waals surface area contributed by atoms with Gasteiger partial charge in [0.25, 0.3) is 5.69 Å². The van der Waals surface area contributed by atoms with Gasteiger partial charge in [0, 0.05) is 18.2 Å². The summed E-state index contributed by atoms with van der Waals surface area (Å²) in [4.78, 5) is 9.62. The molecule has 0 bridgehead atoms. The summed E-state index contributed by atoms with van der Waals surface area (Å²) in [6.45, 7) is 0. The minimum absolute atomic E-state index is 0.00484. The lowest BCUT2D eigenvalue weighted by Crippen LogP contribution is -2.08. The Morgan fingerprint density at radius 3 is 2.52 bits per heavy atom. The molecule has 109 valence electrons. The highest BCUT2D eigenvalue weighted by Crippen LogP contribution is 2.40. The zero-order chi connectivity index (χ0) is 15.6.